The monoisotopic (exact) mass is 288 g/mol. The maximum Gasteiger partial charge on any atom is 0.137 e. The van der Waals surface area contributed by atoms with Gasteiger partial charge in [-0.3, -0.25) is 4.98 Å². The van der Waals surface area contributed by atoms with Gasteiger partial charge < -0.3 is 10.1 Å². The number of nitrogens with zero attached hydrogens (tertiary/aromatic N) is 1. The van der Waals surface area contributed by atoms with Crippen molar-refractivity contribution in [1.29, 1.82) is 0 Å². The average Bonchev–Trinajstić information content (AvgIpc) is 2.52. The second kappa shape index (κ2) is 7.92. The first-order chi connectivity index (χ1) is 9.83. The number of rotatable bonds is 7. The van der Waals surface area contributed by atoms with Gasteiger partial charge in [-0.05, 0) is 30.3 Å². The minimum Gasteiger partial charge on any atom is -0.495 e. The fourth-order valence-corrected chi connectivity index (χ4v) is 2.97. The zero-order valence-corrected chi connectivity index (χ0v) is 12.7. The summed E-state index contributed by atoms with van der Waals surface area (Å²) < 4.78 is 5.25. The number of nitrogens with one attached hydrogen (secondary N) is 1. The van der Waals surface area contributed by atoms with Gasteiger partial charge in [-0.2, -0.15) is 0 Å². The van der Waals surface area contributed by atoms with Crippen LogP contribution in [0.4, 0.5) is 0 Å². The van der Waals surface area contributed by atoms with E-state index in [2.05, 4.69) is 41.5 Å². The number of benzene rings is 1. The van der Waals surface area contributed by atoms with Crippen LogP contribution in [0.1, 0.15) is 18.5 Å². The van der Waals surface area contributed by atoms with Crippen LogP contribution < -0.4 is 10.1 Å². The van der Waals surface area contributed by atoms with E-state index in [9.17, 15) is 0 Å². The van der Waals surface area contributed by atoms with Gasteiger partial charge >= 0.3 is 0 Å². The Balaban J connectivity index is 2.06. The summed E-state index contributed by atoms with van der Waals surface area (Å²) in [5.41, 5.74) is 1.16. The Morgan fingerprint density at radius 1 is 1.25 bits per heavy atom. The van der Waals surface area contributed by atoms with Crippen LogP contribution in [0.15, 0.2) is 53.7 Å². The molecule has 0 aliphatic rings. The van der Waals surface area contributed by atoms with Gasteiger partial charge in [0.25, 0.3) is 0 Å². The van der Waals surface area contributed by atoms with E-state index in [0.29, 0.717) is 0 Å². The van der Waals surface area contributed by atoms with Crippen molar-refractivity contribution < 1.29 is 4.74 Å². The molecule has 0 bridgehead atoms. The Kier molecular flexibility index (Phi) is 5.89. The second-order valence-corrected chi connectivity index (χ2v) is 5.49. The Hall–Kier alpha value is -1.52. The van der Waals surface area contributed by atoms with Crippen LogP contribution in [0.2, 0.25) is 0 Å². The Morgan fingerprint density at radius 3 is 2.75 bits per heavy atom. The van der Waals surface area contributed by atoms with Crippen LogP contribution in [0, 0.1) is 0 Å². The molecule has 0 aliphatic carbocycles. The van der Waals surface area contributed by atoms with E-state index in [1.165, 1.54) is 4.90 Å². The molecular weight excluding hydrogens is 268 g/mol. The molecule has 0 fully saturated rings. The highest BCUT2D eigenvalue weighted by Crippen LogP contribution is 2.25. The Morgan fingerprint density at radius 2 is 2.05 bits per heavy atom. The lowest BCUT2D eigenvalue weighted by atomic mass is 10.1. The predicted molar refractivity (Wildman–Crippen MR) is 84.4 cm³/mol. The summed E-state index contributed by atoms with van der Waals surface area (Å²) in [7, 11) is 1.67. The van der Waals surface area contributed by atoms with Crippen molar-refractivity contribution in [2.24, 2.45) is 0 Å². The zero-order valence-electron chi connectivity index (χ0n) is 11.9. The number of hydrogen-bond donors (Lipinski definition) is 1. The van der Waals surface area contributed by atoms with Crippen molar-refractivity contribution >= 4 is 11.8 Å². The number of hydrogen-bond acceptors (Lipinski definition) is 4. The number of thioether (sulfide) groups is 1. The molecule has 0 aliphatic heterocycles. The van der Waals surface area contributed by atoms with Gasteiger partial charge in [0, 0.05) is 22.9 Å². The summed E-state index contributed by atoms with van der Waals surface area (Å²) in [4.78, 5) is 5.52. The van der Waals surface area contributed by atoms with E-state index in [0.717, 1.165) is 23.6 Å². The molecule has 0 radical (unpaired) electrons. The molecule has 4 heteroatoms. The molecule has 2 aromatic rings. The van der Waals surface area contributed by atoms with Crippen molar-refractivity contribution in [2.45, 2.75) is 17.9 Å². The van der Waals surface area contributed by atoms with E-state index >= 15 is 0 Å². The number of methoxy groups -OCH3 is 1. The highest BCUT2D eigenvalue weighted by molar-refractivity contribution is 7.99. The zero-order chi connectivity index (χ0) is 14.2. The maximum atomic E-state index is 5.25. The smallest absolute Gasteiger partial charge is 0.137 e. The highest BCUT2D eigenvalue weighted by Gasteiger charge is 2.12. The lowest BCUT2D eigenvalue weighted by molar-refractivity contribution is 0.411. The maximum absolute atomic E-state index is 5.25. The molecule has 1 aromatic heterocycles. The molecule has 106 valence electrons. The minimum absolute atomic E-state index is 0.271. The molecule has 1 heterocycles. The second-order valence-electron chi connectivity index (χ2n) is 4.39. The predicted octanol–water partition coefficient (Wildman–Crippen LogP) is 3.53. The molecule has 1 unspecified atom stereocenters. The molecular formula is C16H20N2OS. The summed E-state index contributed by atoms with van der Waals surface area (Å²) in [6, 6.07) is 12.8. The van der Waals surface area contributed by atoms with Crippen LogP contribution in [-0.2, 0) is 0 Å². The van der Waals surface area contributed by atoms with Crippen molar-refractivity contribution in [3.05, 3.63) is 54.4 Å². The van der Waals surface area contributed by atoms with Crippen molar-refractivity contribution in [1.82, 2.24) is 10.3 Å². The van der Waals surface area contributed by atoms with Gasteiger partial charge in [-0.25, -0.2) is 0 Å². The highest BCUT2D eigenvalue weighted by atomic mass is 32.2. The normalized spacial score (nSPS) is 12.1. The van der Waals surface area contributed by atoms with E-state index in [1.807, 2.05) is 30.1 Å². The van der Waals surface area contributed by atoms with Crippen LogP contribution >= 0.6 is 11.8 Å². The van der Waals surface area contributed by atoms with E-state index in [1.54, 1.807) is 13.3 Å². The van der Waals surface area contributed by atoms with Crippen molar-refractivity contribution in [2.75, 3.05) is 19.4 Å². The van der Waals surface area contributed by atoms with E-state index in [4.69, 9.17) is 4.74 Å². The summed E-state index contributed by atoms with van der Waals surface area (Å²) in [5.74, 6) is 1.77. The Bertz CT molecular complexity index is 519. The van der Waals surface area contributed by atoms with Crippen LogP contribution in [0.3, 0.4) is 0 Å². The van der Waals surface area contributed by atoms with Crippen LogP contribution in [0.25, 0.3) is 0 Å². The Labute approximate surface area is 124 Å². The fourth-order valence-electron chi connectivity index (χ4n) is 1.95. The third kappa shape index (κ3) is 4.25. The molecule has 1 N–H and O–H groups in total. The topological polar surface area (TPSA) is 34.2 Å². The van der Waals surface area contributed by atoms with Gasteiger partial charge in [0.15, 0.2) is 0 Å². The van der Waals surface area contributed by atoms with Gasteiger partial charge in [0.2, 0.25) is 0 Å². The molecule has 0 amide bonds. The van der Waals surface area contributed by atoms with Gasteiger partial charge in [-0.15, -0.1) is 11.8 Å². The number of pyridine rings is 1. The molecule has 0 saturated heterocycles. The summed E-state index contributed by atoms with van der Waals surface area (Å²) >= 11 is 1.85. The van der Waals surface area contributed by atoms with Gasteiger partial charge in [0.05, 0.1) is 13.3 Å². The fraction of sp³-hybridized carbons (Fsp3) is 0.312. The van der Waals surface area contributed by atoms with E-state index < -0.39 is 0 Å². The molecule has 0 saturated carbocycles. The minimum atomic E-state index is 0.271. The van der Waals surface area contributed by atoms with Crippen LogP contribution in [0.5, 0.6) is 5.75 Å². The number of ether oxygens (including phenoxy) is 1. The molecule has 0 spiro atoms. The standard InChI is InChI=1S/C16H20N2OS/c1-3-18-16(12-20-15-7-5-4-6-8-15)13-9-14(19-2)11-17-10-13/h4-11,16,18H,3,12H2,1-2H3. The summed E-state index contributed by atoms with van der Waals surface area (Å²) in [6.45, 7) is 3.05. The SMILES string of the molecule is CCNC(CSc1ccccc1)c1cncc(OC)c1. The third-order valence-electron chi connectivity index (χ3n) is 2.98. The lowest BCUT2D eigenvalue weighted by Gasteiger charge is -2.18. The average molecular weight is 288 g/mol. The summed E-state index contributed by atoms with van der Waals surface area (Å²) in [5, 5.41) is 3.50. The van der Waals surface area contributed by atoms with Gasteiger partial charge in [-0.1, -0.05) is 25.1 Å². The van der Waals surface area contributed by atoms with Crippen molar-refractivity contribution in [3.8, 4) is 5.75 Å². The quantitative estimate of drug-likeness (QED) is 0.790. The summed E-state index contributed by atoms with van der Waals surface area (Å²) in [6.07, 6.45) is 3.64. The van der Waals surface area contributed by atoms with E-state index in [-0.39, 0.29) is 6.04 Å². The molecule has 1 atom stereocenters. The molecule has 20 heavy (non-hydrogen) atoms. The largest absolute Gasteiger partial charge is 0.495 e. The first-order valence-electron chi connectivity index (χ1n) is 6.73. The molecule has 2 rings (SSSR count). The molecule has 1 aromatic carbocycles. The first kappa shape index (κ1) is 14.9. The molecule has 3 nitrogen and oxygen atoms in total. The van der Waals surface area contributed by atoms with Crippen molar-refractivity contribution in [3.63, 3.8) is 0 Å². The third-order valence-corrected chi connectivity index (χ3v) is 4.09. The first-order valence-corrected chi connectivity index (χ1v) is 7.72. The van der Waals surface area contributed by atoms with Gasteiger partial charge in [0.1, 0.15) is 5.75 Å². The number of aromatic nitrogens is 1. The lowest BCUT2D eigenvalue weighted by Crippen LogP contribution is -2.23. The van der Waals surface area contributed by atoms with Crippen LogP contribution in [-0.4, -0.2) is 24.4 Å².